The highest BCUT2D eigenvalue weighted by atomic mass is 16.4. The fourth-order valence-electron chi connectivity index (χ4n) is 2.20. The zero-order valence-corrected chi connectivity index (χ0v) is 10.8. The summed E-state index contributed by atoms with van der Waals surface area (Å²) < 4.78 is 0. The molecule has 1 radical (unpaired) electrons. The number of hydrogen-bond donors (Lipinski definition) is 1. The average Bonchev–Trinajstić information content (AvgIpc) is 2.29. The number of hydrogen-bond acceptors (Lipinski definition) is 3. The molecule has 0 fully saturated rings. The summed E-state index contributed by atoms with van der Waals surface area (Å²) in [6, 6.07) is 8.62. The monoisotopic (exact) mass is 246 g/mol. The lowest BCUT2D eigenvalue weighted by Crippen LogP contribution is -2.52. The maximum absolute atomic E-state index is 11.5. The van der Waals surface area contributed by atoms with Gasteiger partial charge in [-0.3, -0.25) is 4.79 Å². The zero-order chi connectivity index (χ0) is 13.8. The molecular weight excluding hydrogens is 229 g/mol. The van der Waals surface area contributed by atoms with Crippen LogP contribution in [0.2, 0.25) is 0 Å². The third kappa shape index (κ3) is 2.98. The minimum Gasteiger partial charge on any atom is -0.480 e. The molecule has 95 valence electrons. The number of carboxylic acids is 1. The second kappa shape index (κ2) is 5.82. The molecule has 0 heterocycles. The van der Waals surface area contributed by atoms with Gasteiger partial charge in [-0.25, -0.2) is 0 Å². The van der Waals surface area contributed by atoms with Crippen molar-refractivity contribution in [3.05, 3.63) is 35.9 Å². The Labute approximate surface area is 108 Å². The van der Waals surface area contributed by atoms with Crippen LogP contribution in [0.5, 0.6) is 0 Å². The predicted molar refractivity (Wildman–Crippen MR) is 71.2 cm³/mol. The van der Waals surface area contributed by atoms with Gasteiger partial charge in [0.15, 0.2) is 0 Å². The molecule has 0 saturated carbocycles. The first-order valence-electron chi connectivity index (χ1n) is 5.70. The summed E-state index contributed by atoms with van der Waals surface area (Å²) in [5.41, 5.74) is 0.310. The van der Waals surface area contributed by atoms with Crippen LogP contribution in [0.1, 0.15) is 19.4 Å². The molecule has 0 amide bonds. The van der Waals surface area contributed by atoms with Gasteiger partial charge in [-0.05, 0) is 12.6 Å². The molecule has 0 aliphatic rings. The smallest absolute Gasteiger partial charge is 0.320 e. The molecule has 1 N–H and O–H groups in total. The van der Waals surface area contributed by atoms with E-state index in [9.17, 15) is 14.7 Å². The first kappa shape index (κ1) is 14.4. The van der Waals surface area contributed by atoms with Crippen molar-refractivity contribution in [2.75, 3.05) is 7.05 Å². The Morgan fingerprint density at radius 1 is 1.39 bits per heavy atom. The van der Waals surface area contributed by atoms with Crippen molar-refractivity contribution in [2.45, 2.75) is 25.3 Å². The summed E-state index contributed by atoms with van der Waals surface area (Å²) >= 11 is 0. The SMILES string of the molecule is CN([B]C=O)[C@H](C(=O)O)C(C)(C)c1ccccc1. The van der Waals surface area contributed by atoms with Crippen molar-refractivity contribution < 1.29 is 14.7 Å². The van der Waals surface area contributed by atoms with Gasteiger partial charge < -0.3 is 14.7 Å². The van der Waals surface area contributed by atoms with E-state index in [0.29, 0.717) is 6.19 Å². The number of carbonyl (C=O) groups is 2. The second-order valence-corrected chi connectivity index (χ2v) is 4.78. The molecule has 1 aromatic carbocycles. The van der Waals surface area contributed by atoms with Crippen LogP contribution >= 0.6 is 0 Å². The van der Waals surface area contributed by atoms with Gasteiger partial charge in [-0.15, -0.1) is 0 Å². The Morgan fingerprint density at radius 3 is 2.39 bits per heavy atom. The molecule has 4 nitrogen and oxygen atoms in total. The number of rotatable bonds is 6. The maximum Gasteiger partial charge on any atom is 0.320 e. The molecule has 0 bridgehead atoms. The van der Waals surface area contributed by atoms with E-state index in [0.717, 1.165) is 5.56 Å². The van der Waals surface area contributed by atoms with Crippen LogP contribution in [-0.2, 0) is 15.0 Å². The van der Waals surface area contributed by atoms with Crippen LogP contribution in [0, 0.1) is 0 Å². The van der Waals surface area contributed by atoms with Crippen molar-refractivity contribution in [2.24, 2.45) is 0 Å². The highest BCUT2D eigenvalue weighted by molar-refractivity contribution is 6.64. The summed E-state index contributed by atoms with van der Waals surface area (Å²) in [7, 11) is 2.83. The number of carboxylic acid groups (broad SMARTS) is 1. The standard InChI is InChI=1S/C13H17BNO3/c1-13(2,10-7-5-4-6-8-10)11(12(17)18)15(3)14-9-16/h4-9,11H,1-3H3,(H,17,18)/t11-/m1/s1. The Kier molecular flexibility index (Phi) is 4.67. The van der Waals surface area contributed by atoms with E-state index in [-0.39, 0.29) is 0 Å². The minimum atomic E-state index is -0.954. The predicted octanol–water partition coefficient (Wildman–Crippen LogP) is 1.16. The largest absolute Gasteiger partial charge is 0.480 e. The zero-order valence-electron chi connectivity index (χ0n) is 10.8. The molecular formula is C13H17BNO3. The van der Waals surface area contributed by atoms with E-state index in [4.69, 9.17) is 0 Å². The summed E-state index contributed by atoms with van der Waals surface area (Å²) in [6.45, 7) is 3.71. The van der Waals surface area contributed by atoms with Gasteiger partial charge in [0.05, 0.1) is 6.19 Å². The highest BCUT2D eigenvalue weighted by Crippen LogP contribution is 2.29. The van der Waals surface area contributed by atoms with Crippen LogP contribution in [0.3, 0.4) is 0 Å². The highest BCUT2D eigenvalue weighted by Gasteiger charge is 2.39. The van der Waals surface area contributed by atoms with Gasteiger partial charge in [0.25, 0.3) is 7.41 Å². The van der Waals surface area contributed by atoms with Gasteiger partial charge >= 0.3 is 5.97 Å². The fourth-order valence-corrected chi connectivity index (χ4v) is 2.20. The summed E-state index contributed by atoms with van der Waals surface area (Å²) in [5.74, 6) is -0.954. The third-order valence-corrected chi connectivity index (χ3v) is 3.14. The summed E-state index contributed by atoms with van der Waals surface area (Å²) in [5, 5.41) is 9.39. The van der Waals surface area contributed by atoms with E-state index in [1.54, 1.807) is 7.05 Å². The Morgan fingerprint density at radius 2 is 1.94 bits per heavy atom. The average molecular weight is 246 g/mol. The summed E-state index contributed by atoms with van der Waals surface area (Å²) in [4.78, 5) is 23.4. The molecule has 1 rings (SSSR count). The second-order valence-electron chi connectivity index (χ2n) is 4.78. The maximum atomic E-state index is 11.5. The van der Waals surface area contributed by atoms with Crippen LogP contribution in [-0.4, -0.2) is 42.6 Å². The number of carbonyl (C=O) groups excluding carboxylic acids is 1. The topological polar surface area (TPSA) is 57.6 Å². The third-order valence-electron chi connectivity index (χ3n) is 3.14. The Bertz CT molecular complexity index is 420. The number of benzene rings is 1. The van der Waals surface area contributed by atoms with E-state index < -0.39 is 17.4 Å². The molecule has 18 heavy (non-hydrogen) atoms. The van der Waals surface area contributed by atoms with Gasteiger partial charge in [0.2, 0.25) is 0 Å². The first-order chi connectivity index (χ1) is 8.41. The van der Waals surface area contributed by atoms with E-state index in [1.807, 2.05) is 44.2 Å². The van der Waals surface area contributed by atoms with Crippen molar-refractivity contribution >= 4 is 19.6 Å². The lowest BCUT2D eigenvalue weighted by Gasteiger charge is -2.37. The molecule has 0 unspecified atom stereocenters. The molecule has 0 aromatic heterocycles. The van der Waals surface area contributed by atoms with Gasteiger partial charge in [-0.1, -0.05) is 44.2 Å². The van der Waals surface area contributed by atoms with Crippen molar-refractivity contribution in [3.63, 3.8) is 0 Å². The Balaban J connectivity index is 3.12. The van der Waals surface area contributed by atoms with Crippen molar-refractivity contribution in [1.82, 2.24) is 4.81 Å². The van der Waals surface area contributed by atoms with E-state index in [2.05, 4.69) is 0 Å². The van der Waals surface area contributed by atoms with E-state index in [1.165, 1.54) is 12.2 Å². The quantitative estimate of drug-likeness (QED) is 0.604. The molecule has 0 spiro atoms. The van der Waals surface area contributed by atoms with E-state index >= 15 is 0 Å². The molecule has 0 aliphatic carbocycles. The lowest BCUT2D eigenvalue weighted by atomic mass is 9.74. The minimum absolute atomic E-state index is 0.594. The van der Waals surface area contributed by atoms with Gasteiger partial charge in [-0.2, -0.15) is 0 Å². The van der Waals surface area contributed by atoms with Crippen LogP contribution < -0.4 is 0 Å². The molecule has 1 aromatic rings. The molecule has 1 atom stereocenters. The number of likely N-dealkylation sites (N-methyl/N-ethyl adjacent to an activating group) is 1. The van der Waals surface area contributed by atoms with Crippen molar-refractivity contribution in [1.29, 1.82) is 0 Å². The fraction of sp³-hybridized carbons (Fsp3) is 0.385. The molecule has 5 heteroatoms. The summed E-state index contributed by atoms with van der Waals surface area (Å²) in [6.07, 6.45) is 0.594. The molecule has 0 saturated heterocycles. The van der Waals surface area contributed by atoms with Crippen LogP contribution in [0.4, 0.5) is 0 Å². The lowest BCUT2D eigenvalue weighted by molar-refractivity contribution is -0.143. The first-order valence-corrected chi connectivity index (χ1v) is 5.70. The van der Waals surface area contributed by atoms with Gasteiger partial charge in [0, 0.05) is 5.41 Å². The molecule has 0 aliphatic heterocycles. The van der Waals surface area contributed by atoms with Crippen molar-refractivity contribution in [3.8, 4) is 0 Å². The Hall–Kier alpha value is -1.62. The van der Waals surface area contributed by atoms with Crippen LogP contribution in [0.25, 0.3) is 0 Å². The van der Waals surface area contributed by atoms with Crippen LogP contribution in [0.15, 0.2) is 30.3 Å². The number of nitrogens with zero attached hydrogens (tertiary/aromatic N) is 1. The normalized spacial score (nSPS) is 13.1. The van der Waals surface area contributed by atoms with Gasteiger partial charge in [0.1, 0.15) is 6.04 Å². The number of aliphatic carboxylic acids is 1.